The summed E-state index contributed by atoms with van der Waals surface area (Å²) in [5, 5.41) is 3.04. The van der Waals surface area contributed by atoms with Gasteiger partial charge in [0.2, 0.25) is 5.91 Å². The van der Waals surface area contributed by atoms with Gasteiger partial charge in [-0.1, -0.05) is 42.5 Å². The van der Waals surface area contributed by atoms with Crippen molar-refractivity contribution in [2.75, 3.05) is 32.4 Å². The van der Waals surface area contributed by atoms with E-state index in [0.717, 1.165) is 63.0 Å². The summed E-state index contributed by atoms with van der Waals surface area (Å²) >= 11 is 0. The van der Waals surface area contributed by atoms with Crippen LogP contribution in [0.4, 0.5) is 4.79 Å². The molecular weight excluding hydrogens is 514 g/mol. The van der Waals surface area contributed by atoms with E-state index in [1.165, 1.54) is 6.26 Å². The normalized spacial score (nSPS) is 18.8. The maximum Gasteiger partial charge on any atom is 0.408 e. The molecule has 2 saturated heterocycles. The molecule has 1 atom stereocenters. The number of carbonyl (C=O) groups excluding carboxylic acids is 2. The van der Waals surface area contributed by atoms with Crippen molar-refractivity contribution in [3.05, 3.63) is 65.7 Å². The molecule has 2 aromatic rings. The van der Waals surface area contributed by atoms with Gasteiger partial charge in [0.25, 0.3) is 0 Å². The zero-order valence-corrected chi connectivity index (χ0v) is 24.3. The van der Waals surface area contributed by atoms with Crippen LogP contribution in [0.15, 0.2) is 59.5 Å². The lowest BCUT2D eigenvalue weighted by Crippen LogP contribution is -2.45. The largest absolute Gasteiger partial charge is 0.444 e. The van der Waals surface area contributed by atoms with Crippen molar-refractivity contribution in [1.29, 1.82) is 0 Å². The van der Waals surface area contributed by atoms with Crippen molar-refractivity contribution >= 4 is 21.8 Å². The average Bonchev–Trinajstić information content (AvgIpc) is 3.16. The number of likely N-dealkylation sites (tertiary alicyclic amines) is 2. The first-order valence-electron chi connectivity index (χ1n) is 13.7. The fraction of sp³-hybridized carbons (Fsp3) is 0.533. The molecule has 0 saturated carbocycles. The average molecular weight is 556 g/mol. The van der Waals surface area contributed by atoms with E-state index in [-0.39, 0.29) is 17.4 Å². The summed E-state index contributed by atoms with van der Waals surface area (Å²) in [4.78, 5) is 30.6. The van der Waals surface area contributed by atoms with E-state index in [0.29, 0.717) is 11.4 Å². The first-order valence-corrected chi connectivity index (χ1v) is 15.6. The molecule has 0 aromatic heterocycles. The number of nitrogens with zero attached hydrogens (tertiary/aromatic N) is 2. The molecule has 4 rings (SSSR count). The van der Waals surface area contributed by atoms with Crippen LogP contribution in [0, 0.1) is 5.41 Å². The molecule has 39 heavy (non-hydrogen) atoms. The number of hydrogen-bond acceptors (Lipinski definition) is 6. The van der Waals surface area contributed by atoms with Gasteiger partial charge in [-0.2, -0.15) is 0 Å². The molecular formula is C30H41N3O5S. The van der Waals surface area contributed by atoms with Crippen molar-refractivity contribution in [2.24, 2.45) is 5.41 Å². The van der Waals surface area contributed by atoms with Crippen molar-refractivity contribution in [3.8, 4) is 0 Å². The van der Waals surface area contributed by atoms with Crippen LogP contribution < -0.4 is 5.32 Å². The van der Waals surface area contributed by atoms with Crippen LogP contribution in [0.3, 0.4) is 0 Å². The third kappa shape index (κ3) is 7.60. The highest BCUT2D eigenvalue weighted by Gasteiger charge is 2.47. The minimum absolute atomic E-state index is 0.158. The molecule has 0 radical (unpaired) electrons. The van der Waals surface area contributed by atoms with Gasteiger partial charge in [-0.25, -0.2) is 13.2 Å². The Kier molecular flexibility index (Phi) is 8.71. The molecule has 0 bridgehead atoms. The lowest BCUT2D eigenvalue weighted by atomic mass is 9.77. The Morgan fingerprint density at radius 1 is 1.00 bits per heavy atom. The van der Waals surface area contributed by atoms with Crippen LogP contribution in [0.1, 0.15) is 63.6 Å². The molecule has 2 aromatic carbocycles. The minimum Gasteiger partial charge on any atom is -0.444 e. The van der Waals surface area contributed by atoms with E-state index in [1.807, 2.05) is 56.0 Å². The van der Waals surface area contributed by atoms with Gasteiger partial charge in [0.05, 0.1) is 16.4 Å². The number of piperidine rings is 1. The van der Waals surface area contributed by atoms with Gasteiger partial charge in [0.1, 0.15) is 5.60 Å². The topological polar surface area (TPSA) is 96.0 Å². The number of alkyl carbamates (subject to hydrolysis) is 1. The third-order valence-corrected chi connectivity index (χ3v) is 8.89. The number of rotatable bonds is 8. The molecule has 2 amide bonds. The minimum atomic E-state index is -3.24. The number of sulfone groups is 1. The number of nitrogens with one attached hydrogen (secondary N) is 1. The monoisotopic (exact) mass is 555 g/mol. The van der Waals surface area contributed by atoms with Gasteiger partial charge in [-0.15, -0.1) is 0 Å². The van der Waals surface area contributed by atoms with Gasteiger partial charge < -0.3 is 19.9 Å². The molecule has 9 heteroatoms. The standard InChI is InChI=1S/C30H41N3O5S/c1-29(2,3)38-28(35)31-26(24-8-6-5-7-9-24)14-18-32-19-15-30(16-20-32)17-21-33(27(30)34)22-23-10-12-25(13-11-23)39(4,36)37/h5-13,26H,14-22H2,1-4H3,(H,31,35). The number of amides is 2. The summed E-state index contributed by atoms with van der Waals surface area (Å²) in [7, 11) is -3.24. The van der Waals surface area contributed by atoms with E-state index in [2.05, 4.69) is 10.2 Å². The second-order valence-corrected chi connectivity index (χ2v) is 13.9. The van der Waals surface area contributed by atoms with Crippen molar-refractivity contribution in [2.45, 2.75) is 69.5 Å². The maximum absolute atomic E-state index is 13.5. The Labute approximate surface area is 232 Å². The zero-order chi connectivity index (χ0) is 28.3. The molecule has 8 nitrogen and oxygen atoms in total. The Hall–Kier alpha value is -2.91. The van der Waals surface area contributed by atoms with Crippen molar-refractivity contribution in [1.82, 2.24) is 15.1 Å². The SMILES string of the molecule is CC(C)(C)OC(=O)NC(CCN1CCC2(CC1)CCN(Cc1ccc(S(C)(=O)=O)cc1)C2=O)c1ccccc1. The van der Waals surface area contributed by atoms with Crippen LogP contribution in [0.25, 0.3) is 0 Å². The van der Waals surface area contributed by atoms with Gasteiger partial charge in [-0.05, 0) is 82.8 Å². The lowest BCUT2D eigenvalue weighted by Gasteiger charge is -2.38. The fourth-order valence-corrected chi connectivity index (χ4v) is 6.17. The summed E-state index contributed by atoms with van der Waals surface area (Å²) in [5.41, 5.74) is 1.11. The van der Waals surface area contributed by atoms with Gasteiger partial charge >= 0.3 is 6.09 Å². The summed E-state index contributed by atoms with van der Waals surface area (Å²) in [5.74, 6) is 0.211. The molecule has 1 N–H and O–H groups in total. The lowest BCUT2D eigenvalue weighted by molar-refractivity contribution is -0.138. The Morgan fingerprint density at radius 3 is 2.21 bits per heavy atom. The molecule has 2 aliphatic heterocycles. The number of hydrogen-bond donors (Lipinski definition) is 1. The molecule has 0 aliphatic carbocycles. The van der Waals surface area contributed by atoms with E-state index >= 15 is 0 Å². The first-order chi connectivity index (χ1) is 18.3. The molecule has 2 heterocycles. The number of ether oxygens (including phenoxy) is 1. The maximum atomic E-state index is 13.5. The first kappa shape index (κ1) is 29.1. The summed E-state index contributed by atoms with van der Waals surface area (Å²) < 4.78 is 29.0. The van der Waals surface area contributed by atoms with Gasteiger partial charge in [0, 0.05) is 25.9 Å². The fourth-order valence-electron chi connectivity index (χ4n) is 5.54. The molecule has 212 valence electrons. The highest BCUT2D eigenvalue weighted by atomic mass is 32.2. The van der Waals surface area contributed by atoms with Gasteiger partial charge in [-0.3, -0.25) is 4.79 Å². The van der Waals surface area contributed by atoms with Gasteiger partial charge in [0.15, 0.2) is 9.84 Å². The number of carbonyl (C=O) groups is 2. The van der Waals surface area contributed by atoms with E-state index < -0.39 is 21.5 Å². The summed E-state index contributed by atoms with van der Waals surface area (Å²) in [6.07, 6.45) is 4.03. The van der Waals surface area contributed by atoms with Crippen LogP contribution in [0.2, 0.25) is 0 Å². The molecule has 1 spiro atoms. The third-order valence-electron chi connectivity index (χ3n) is 7.77. The highest BCUT2D eigenvalue weighted by Crippen LogP contribution is 2.42. The predicted octanol–water partition coefficient (Wildman–Crippen LogP) is 4.56. The smallest absolute Gasteiger partial charge is 0.408 e. The van der Waals surface area contributed by atoms with Crippen molar-refractivity contribution < 1.29 is 22.7 Å². The summed E-state index contributed by atoms with van der Waals surface area (Å²) in [6, 6.07) is 16.6. The predicted molar refractivity (Wildman–Crippen MR) is 151 cm³/mol. The highest BCUT2D eigenvalue weighted by molar-refractivity contribution is 7.90. The van der Waals surface area contributed by atoms with E-state index in [4.69, 9.17) is 4.74 Å². The zero-order valence-electron chi connectivity index (χ0n) is 23.5. The van der Waals surface area contributed by atoms with E-state index in [1.54, 1.807) is 24.3 Å². The Balaban J connectivity index is 1.31. The van der Waals surface area contributed by atoms with Crippen LogP contribution in [-0.2, 0) is 25.9 Å². The molecule has 2 fully saturated rings. The molecule has 2 aliphatic rings. The molecule has 1 unspecified atom stereocenters. The van der Waals surface area contributed by atoms with Crippen LogP contribution >= 0.6 is 0 Å². The van der Waals surface area contributed by atoms with E-state index in [9.17, 15) is 18.0 Å². The Morgan fingerprint density at radius 2 is 1.62 bits per heavy atom. The van der Waals surface area contributed by atoms with Crippen LogP contribution in [-0.4, -0.2) is 68.3 Å². The second-order valence-electron chi connectivity index (χ2n) is 11.9. The summed E-state index contributed by atoms with van der Waals surface area (Å²) in [6.45, 7) is 9.30. The quantitative estimate of drug-likeness (QED) is 0.513. The van der Waals surface area contributed by atoms with Crippen molar-refractivity contribution in [3.63, 3.8) is 0 Å². The number of benzene rings is 2. The Bertz CT molecular complexity index is 1250. The van der Waals surface area contributed by atoms with Crippen LogP contribution in [0.5, 0.6) is 0 Å². The second kappa shape index (κ2) is 11.7.